The summed E-state index contributed by atoms with van der Waals surface area (Å²) in [5.74, 6) is 0. The largest absolute Gasteiger partial charge is 0.393 e. The van der Waals surface area contributed by atoms with Gasteiger partial charge in [-0.2, -0.15) is 0 Å². The van der Waals surface area contributed by atoms with Gasteiger partial charge in [-0.05, 0) is 39.5 Å². The van der Waals surface area contributed by atoms with E-state index < -0.39 is 0 Å². The Balaban J connectivity index is 1.82. The Morgan fingerprint density at radius 2 is 2.05 bits per heavy atom. The number of hydrogen-bond donors (Lipinski definition) is 1. The van der Waals surface area contributed by atoms with E-state index in [4.69, 9.17) is 22.7 Å². The predicted octanol–water partition coefficient (Wildman–Crippen LogP) is 2.86. The van der Waals surface area contributed by atoms with Crippen LogP contribution in [0.15, 0.2) is 0 Å². The van der Waals surface area contributed by atoms with E-state index in [1.165, 1.54) is 38.5 Å². The van der Waals surface area contributed by atoms with E-state index >= 15 is 0 Å². The van der Waals surface area contributed by atoms with Gasteiger partial charge in [0.1, 0.15) is 0 Å². The van der Waals surface area contributed by atoms with Crippen molar-refractivity contribution in [2.45, 2.75) is 76.5 Å². The lowest BCUT2D eigenvalue weighted by Crippen LogP contribution is -2.40. The maximum atomic E-state index is 6.39. The molecule has 0 bridgehead atoms. The lowest BCUT2D eigenvalue weighted by Gasteiger charge is -2.30. The molecule has 0 amide bonds. The highest BCUT2D eigenvalue weighted by Crippen LogP contribution is 2.43. The molecule has 1 unspecified atom stereocenters. The van der Waals surface area contributed by atoms with Crippen molar-refractivity contribution < 1.29 is 4.74 Å². The summed E-state index contributed by atoms with van der Waals surface area (Å²) in [6, 6.07) is 0.526. The molecule has 1 aliphatic carbocycles. The van der Waals surface area contributed by atoms with Crippen molar-refractivity contribution in [3.63, 3.8) is 0 Å². The molecule has 1 spiro atoms. The second kappa shape index (κ2) is 6.51. The first-order valence-electron chi connectivity index (χ1n) is 7.71. The summed E-state index contributed by atoms with van der Waals surface area (Å²) in [6.07, 6.45) is 8.95. The summed E-state index contributed by atoms with van der Waals surface area (Å²) in [5, 5.41) is 0. The van der Waals surface area contributed by atoms with E-state index in [0.29, 0.717) is 17.1 Å². The van der Waals surface area contributed by atoms with Crippen LogP contribution in [0.3, 0.4) is 0 Å². The fourth-order valence-corrected chi connectivity index (χ4v) is 3.58. The van der Waals surface area contributed by atoms with Crippen LogP contribution in [0.2, 0.25) is 0 Å². The summed E-state index contributed by atoms with van der Waals surface area (Å²) in [7, 11) is 0. The molecule has 110 valence electrons. The van der Waals surface area contributed by atoms with Crippen LogP contribution in [-0.4, -0.2) is 40.7 Å². The number of nitrogens with two attached hydrogens (primary N) is 1. The third-order valence-corrected chi connectivity index (χ3v) is 4.87. The van der Waals surface area contributed by atoms with Crippen molar-refractivity contribution >= 4 is 17.2 Å². The van der Waals surface area contributed by atoms with Crippen LogP contribution in [0.1, 0.15) is 58.8 Å². The third-order valence-electron chi connectivity index (χ3n) is 4.67. The quantitative estimate of drug-likeness (QED) is 0.761. The number of ether oxygens (including phenoxy) is 1. The molecule has 1 atom stereocenters. The van der Waals surface area contributed by atoms with Gasteiger partial charge in [-0.25, -0.2) is 0 Å². The van der Waals surface area contributed by atoms with Gasteiger partial charge in [0.15, 0.2) is 0 Å². The first-order chi connectivity index (χ1) is 9.01. The highest BCUT2D eigenvalue weighted by molar-refractivity contribution is 7.80. The molecule has 0 aromatic carbocycles. The van der Waals surface area contributed by atoms with Crippen molar-refractivity contribution in [3.05, 3.63) is 0 Å². The molecule has 0 radical (unpaired) electrons. The second-order valence-electron chi connectivity index (χ2n) is 6.47. The summed E-state index contributed by atoms with van der Waals surface area (Å²) >= 11 is 4.99. The van der Waals surface area contributed by atoms with Gasteiger partial charge in [0.25, 0.3) is 0 Å². The van der Waals surface area contributed by atoms with Crippen LogP contribution < -0.4 is 5.73 Å². The molecule has 1 heterocycles. The second-order valence-corrected chi connectivity index (χ2v) is 7.00. The molecule has 4 heteroatoms. The fourth-order valence-electron chi connectivity index (χ4n) is 3.49. The minimum atomic E-state index is 0.247. The minimum Gasteiger partial charge on any atom is -0.393 e. The highest BCUT2D eigenvalue weighted by atomic mass is 32.1. The summed E-state index contributed by atoms with van der Waals surface area (Å²) < 4.78 is 6.39. The van der Waals surface area contributed by atoms with Crippen LogP contribution >= 0.6 is 12.2 Å². The van der Waals surface area contributed by atoms with Gasteiger partial charge in [-0.3, -0.25) is 4.90 Å². The lowest BCUT2D eigenvalue weighted by molar-refractivity contribution is -0.0498. The van der Waals surface area contributed by atoms with Crippen LogP contribution in [-0.2, 0) is 4.74 Å². The Labute approximate surface area is 122 Å². The zero-order valence-electron chi connectivity index (χ0n) is 12.4. The fraction of sp³-hybridized carbons (Fsp3) is 0.933. The molecule has 0 aromatic rings. The molecule has 2 aliphatic rings. The van der Waals surface area contributed by atoms with Crippen molar-refractivity contribution in [3.8, 4) is 0 Å². The molecule has 1 saturated carbocycles. The van der Waals surface area contributed by atoms with Crippen molar-refractivity contribution in [2.75, 3.05) is 13.1 Å². The van der Waals surface area contributed by atoms with Crippen LogP contribution in [0.25, 0.3) is 0 Å². The molecule has 0 aromatic heterocycles. The Bertz CT molecular complexity index is 313. The van der Waals surface area contributed by atoms with Crippen molar-refractivity contribution in [1.82, 2.24) is 4.90 Å². The van der Waals surface area contributed by atoms with Crippen molar-refractivity contribution in [2.24, 2.45) is 5.73 Å². The molecule has 1 aliphatic heterocycles. The maximum Gasteiger partial charge on any atom is 0.0740 e. The summed E-state index contributed by atoms with van der Waals surface area (Å²) in [5.41, 5.74) is 5.86. The Morgan fingerprint density at radius 3 is 2.63 bits per heavy atom. The zero-order valence-corrected chi connectivity index (χ0v) is 13.2. The Morgan fingerprint density at radius 1 is 1.37 bits per heavy atom. The number of nitrogens with zero attached hydrogens (tertiary/aromatic N) is 1. The molecule has 19 heavy (non-hydrogen) atoms. The molecular formula is C15H28N2OS. The van der Waals surface area contributed by atoms with Crippen LogP contribution in [0.5, 0.6) is 0 Å². The number of thiocarbonyl (C=S) groups is 1. The van der Waals surface area contributed by atoms with Gasteiger partial charge < -0.3 is 10.5 Å². The average Bonchev–Trinajstić information content (AvgIpc) is 2.95. The van der Waals surface area contributed by atoms with Crippen LogP contribution in [0, 0.1) is 0 Å². The summed E-state index contributed by atoms with van der Waals surface area (Å²) in [4.78, 5) is 3.07. The third kappa shape index (κ3) is 4.14. The molecular weight excluding hydrogens is 256 g/mol. The smallest absolute Gasteiger partial charge is 0.0740 e. The molecule has 3 nitrogen and oxygen atoms in total. The highest BCUT2D eigenvalue weighted by Gasteiger charge is 2.42. The average molecular weight is 284 g/mol. The maximum absolute atomic E-state index is 6.39. The van der Waals surface area contributed by atoms with Gasteiger partial charge >= 0.3 is 0 Å². The Hall–Kier alpha value is -0.190. The van der Waals surface area contributed by atoms with E-state index in [0.717, 1.165) is 19.5 Å². The zero-order chi connectivity index (χ0) is 13.9. The van der Waals surface area contributed by atoms with Gasteiger partial charge in [0.05, 0.1) is 16.7 Å². The lowest BCUT2D eigenvalue weighted by atomic mass is 9.98. The predicted molar refractivity (Wildman–Crippen MR) is 83.4 cm³/mol. The summed E-state index contributed by atoms with van der Waals surface area (Å²) in [6.45, 7) is 6.46. The Kier molecular flexibility index (Phi) is 5.21. The van der Waals surface area contributed by atoms with E-state index in [-0.39, 0.29) is 5.60 Å². The van der Waals surface area contributed by atoms with Gasteiger partial charge in [0, 0.05) is 25.6 Å². The van der Waals surface area contributed by atoms with Crippen LogP contribution in [0.4, 0.5) is 0 Å². The number of hydrogen-bond acceptors (Lipinski definition) is 3. The SMILES string of the molecule is CC(C)N(CCC(N)=S)CC1CCC2(CCCC2)O1. The topological polar surface area (TPSA) is 38.5 Å². The monoisotopic (exact) mass is 284 g/mol. The first-order valence-corrected chi connectivity index (χ1v) is 8.12. The van der Waals surface area contributed by atoms with Gasteiger partial charge in [-0.15, -0.1) is 0 Å². The molecule has 2 N–H and O–H groups in total. The standard InChI is InChI=1S/C15H28N2OS/c1-12(2)17(10-6-14(16)19)11-13-5-9-15(18-13)7-3-4-8-15/h12-13H,3-11H2,1-2H3,(H2,16,19). The van der Waals surface area contributed by atoms with Gasteiger partial charge in [-0.1, -0.05) is 25.1 Å². The number of rotatable bonds is 6. The minimum absolute atomic E-state index is 0.247. The molecule has 2 fully saturated rings. The normalized spacial score (nSPS) is 25.8. The van der Waals surface area contributed by atoms with E-state index in [1.54, 1.807) is 0 Å². The van der Waals surface area contributed by atoms with E-state index in [9.17, 15) is 0 Å². The first kappa shape index (κ1) is 15.2. The van der Waals surface area contributed by atoms with Gasteiger partial charge in [0.2, 0.25) is 0 Å². The molecule has 2 rings (SSSR count). The van der Waals surface area contributed by atoms with E-state index in [2.05, 4.69) is 18.7 Å². The van der Waals surface area contributed by atoms with E-state index in [1.807, 2.05) is 0 Å². The molecule has 1 saturated heterocycles. The van der Waals surface area contributed by atoms with Crippen molar-refractivity contribution in [1.29, 1.82) is 0 Å².